The Bertz CT molecular complexity index is 1250. The number of rotatable bonds is 6. The van der Waals surface area contributed by atoms with Crippen LogP contribution in [-0.2, 0) is 9.53 Å². The number of anilines is 1. The van der Waals surface area contributed by atoms with Gasteiger partial charge in [-0.3, -0.25) is 23.9 Å². The second kappa shape index (κ2) is 8.65. The number of nitrogens with one attached hydrogen (secondary N) is 1. The number of nitrogens with zero attached hydrogens (tertiary/aromatic N) is 2. The first kappa shape index (κ1) is 23.0. The summed E-state index contributed by atoms with van der Waals surface area (Å²) in [6, 6.07) is 14.0. The van der Waals surface area contributed by atoms with E-state index in [4.69, 9.17) is 16.3 Å². The van der Waals surface area contributed by atoms with Gasteiger partial charge >= 0.3 is 0 Å². The number of ether oxygens (including phenoxy) is 1. The van der Waals surface area contributed by atoms with Crippen molar-refractivity contribution in [2.75, 3.05) is 25.2 Å². The summed E-state index contributed by atoms with van der Waals surface area (Å²) in [7, 11) is 1.52. The Morgan fingerprint density at radius 1 is 1.12 bits per heavy atom. The third-order valence-electron chi connectivity index (χ3n) is 6.10. The van der Waals surface area contributed by atoms with Gasteiger partial charge < -0.3 is 10.1 Å². The topological polar surface area (TPSA) is 80.6 Å². The van der Waals surface area contributed by atoms with Crippen LogP contribution in [0.4, 0.5) is 5.69 Å². The molecule has 3 aromatic rings. The molecule has 0 saturated carbocycles. The van der Waals surface area contributed by atoms with E-state index in [1.165, 1.54) is 23.5 Å². The van der Waals surface area contributed by atoms with E-state index in [0.717, 1.165) is 5.56 Å². The highest BCUT2D eigenvalue weighted by atomic mass is 35.5. The smallest absolute Gasteiger partial charge is 0.276 e. The van der Waals surface area contributed by atoms with E-state index in [0.29, 0.717) is 27.5 Å². The Balaban J connectivity index is 1.90. The number of hydrogen-bond donors (Lipinski definition) is 1. The van der Waals surface area contributed by atoms with Gasteiger partial charge in [0.2, 0.25) is 5.54 Å². The Kier molecular flexibility index (Phi) is 6.03. The molecule has 4 rings (SSSR count). The summed E-state index contributed by atoms with van der Waals surface area (Å²) < 4.78 is 6.34. The highest BCUT2D eigenvalue weighted by Gasteiger charge is 2.55. The van der Waals surface area contributed by atoms with Gasteiger partial charge in [0.05, 0.1) is 12.1 Å². The Hall–Kier alpha value is -3.16. The molecule has 0 bridgehead atoms. The SMILES string of the molecule is COCCNC(=O)[C@]1(C)C(=O)n2c(cc3cc(Cl)ccc32)C(=O)N1c1ccc(C(C)C)cc1. The lowest BCUT2D eigenvalue weighted by molar-refractivity contribution is -0.124. The maximum absolute atomic E-state index is 13.9. The normalized spacial score (nSPS) is 18.2. The first-order valence-electron chi connectivity index (χ1n) is 10.8. The number of fused-ring (bicyclic) bond motifs is 3. The number of methoxy groups -OCH3 is 1. The summed E-state index contributed by atoms with van der Waals surface area (Å²) in [6.45, 7) is 6.12. The summed E-state index contributed by atoms with van der Waals surface area (Å²) in [5.74, 6) is -1.23. The monoisotopic (exact) mass is 467 g/mol. The number of benzene rings is 2. The van der Waals surface area contributed by atoms with Gasteiger partial charge in [-0.25, -0.2) is 0 Å². The van der Waals surface area contributed by atoms with Gasteiger partial charge in [0.1, 0.15) is 5.69 Å². The summed E-state index contributed by atoms with van der Waals surface area (Å²) in [5, 5.41) is 3.88. The molecule has 7 nitrogen and oxygen atoms in total. The lowest BCUT2D eigenvalue weighted by Crippen LogP contribution is -2.68. The minimum Gasteiger partial charge on any atom is -0.383 e. The molecule has 0 saturated heterocycles. The molecule has 0 aliphatic carbocycles. The minimum absolute atomic E-state index is 0.187. The van der Waals surface area contributed by atoms with Crippen molar-refractivity contribution in [3.8, 4) is 0 Å². The van der Waals surface area contributed by atoms with Crippen LogP contribution in [0.15, 0.2) is 48.5 Å². The molecule has 33 heavy (non-hydrogen) atoms. The maximum Gasteiger partial charge on any atom is 0.276 e. The van der Waals surface area contributed by atoms with Crippen molar-refractivity contribution < 1.29 is 19.1 Å². The van der Waals surface area contributed by atoms with Crippen LogP contribution in [0, 0.1) is 0 Å². The van der Waals surface area contributed by atoms with Crippen LogP contribution in [0.2, 0.25) is 5.02 Å². The fourth-order valence-corrected chi connectivity index (χ4v) is 4.40. The number of halogens is 1. The lowest BCUT2D eigenvalue weighted by atomic mass is 9.92. The molecule has 1 aliphatic heterocycles. The number of carbonyl (C=O) groups excluding carboxylic acids is 3. The lowest BCUT2D eigenvalue weighted by Gasteiger charge is -2.42. The van der Waals surface area contributed by atoms with Crippen molar-refractivity contribution in [2.45, 2.75) is 32.2 Å². The van der Waals surface area contributed by atoms with Crippen LogP contribution in [0.3, 0.4) is 0 Å². The van der Waals surface area contributed by atoms with Crippen molar-refractivity contribution in [2.24, 2.45) is 0 Å². The average molecular weight is 468 g/mol. The van der Waals surface area contributed by atoms with Gasteiger partial charge in [0.25, 0.3) is 17.7 Å². The standard InChI is InChI=1S/C25H26ClN3O4/c1-15(2)16-5-8-19(9-6-16)29-22(30)21-14-17-13-18(26)7-10-20(17)28(21)24(32)25(29,3)23(31)27-11-12-33-4/h5-10,13-15H,11-12H2,1-4H3,(H,27,31)/t25-/m1/s1. The van der Waals surface area contributed by atoms with Crippen LogP contribution >= 0.6 is 11.6 Å². The summed E-state index contributed by atoms with van der Waals surface area (Å²) >= 11 is 6.13. The molecule has 8 heteroatoms. The molecule has 0 fully saturated rings. The largest absolute Gasteiger partial charge is 0.383 e. The van der Waals surface area contributed by atoms with Crippen molar-refractivity contribution >= 4 is 45.9 Å². The molecule has 1 aromatic heterocycles. The van der Waals surface area contributed by atoms with E-state index in [1.807, 2.05) is 12.1 Å². The van der Waals surface area contributed by atoms with E-state index in [-0.39, 0.29) is 18.8 Å². The van der Waals surface area contributed by atoms with Crippen LogP contribution < -0.4 is 10.2 Å². The summed E-state index contributed by atoms with van der Waals surface area (Å²) in [4.78, 5) is 42.4. The molecular formula is C25H26ClN3O4. The van der Waals surface area contributed by atoms with Gasteiger partial charge in [-0.15, -0.1) is 0 Å². The predicted molar refractivity (Wildman–Crippen MR) is 128 cm³/mol. The second-order valence-electron chi connectivity index (χ2n) is 8.58. The fraction of sp³-hybridized carbons (Fsp3) is 0.320. The van der Waals surface area contributed by atoms with Gasteiger partial charge in [-0.2, -0.15) is 0 Å². The van der Waals surface area contributed by atoms with E-state index >= 15 is 0 Å². The van der Waals surface area contributed by atoms with E-state index < -0.39 is 23.3 Å². The number of aromatic nitrogens is 1. The Morgan fingerprint density at radius 2 is 1.82 bits per heavy atom. The van der Waals surface area contributed by atoms with Crippen molar-refractivity contribution in [1.29, 1.82) is 0 Å². The molecule has 1 atom stereocenters. The molecule has 0 radical (unpaired) electrons. The van der Waals surface area contributed by atoms with Crippen molar-refractivity contribution in [1.82, 2.24) is 9.88 Å². The predicted octanol–water partition coefficient (Wildman–Crippen LogP) is 4.24. The maximum atomic E-state index is 13.9. The molecule has 2 amide bonds. The molecular weight excluding hydrogens is 442 g/mol. The molecule has 172 valence electrons. The van der Waals surface area contributed by atoms with Gasteiger partial charge in [-0.1, -0.05) is 37.6 Å². The van der Waals surface area contributed by atoms with Crippen LogP contribution in [0.25, 0.3) is 10.9 Å². The van der Waals surface area contributed by atoms with Crippen LogP contribution in [-0.4, -0.2) is 48.1 Å². The highest BCUT2D eigenvalue weighted by molar-refractivity contribution is 6.32. The fourth-order valence-electron chi connectivity index (χ4n) is 4.21. The Morgan fingerprint density at radius 3 is 2.45 bits per heavy atom. The second-order valence-corrected chi connectivity index (χ2v) is 9.02. The highest BCUT2D eigenvalue weighted by Crippen LogP contribution is 2.37. The summed E-state index contributed by atoms with van der Waals surface area (Å²) in [6.07, 6.45) is 0. The molecule has 2 heterocycles. The minimum atomic E-state index is -1.80. The third kappa shape index (κ3) is 3.71. The van der Waals surface area contributed by atoms with Gasteiger partial charge in [0.15, 0.2) is 0 Å². The Labute approximate surface area is 197 Å². The van der Waals surface area contributed by atoms with Gasteiger partial charge in [-0.05, 0) is 54.8 Å². The molecule has 0 spiro atoms. The average Bonchev–Trinajstić information content (AvgIpc) is 3.17. The number of carbonyl (C=O) groups is 3. The summed E-state index contributed by atoms with van der Waals surface area (Å²) in [5.41, 5.74) is 0.468. The van der Waals surface area contributed by atoms with Crippen LogP contribution in [0.1, 0.15) is 47.5 Å². The number of hydrogen-bond acceptors (Lipinski definition) is 4. The molecule has 1 aliphatic rings. The van der Waals surface area contributed by atoms with E-state index in [1.54, 1.807) is 36.4 Å². The van der Waals surface area contributed by atoms with Crippen molar-refractivity contribution in [3.05, 3.63) is 64.8 Å². The van der Waals surface area contributed by atoms with E-state index in [2.05, 4.69) is 19.2 Å². The first-order chi connectivity index (χ1) is 15.7. The molecule has 2 aromatic carbocycles. The zero-order chi connectivity index (χ0) is 23.9. The zero-order valence-corrected chi connectivity index (χ0v) is 19.8. The zero-order valence-electron chi connectivity index (χ0n) is 19.0. The van der Waals surface area contributed by atoms with Gasteiger partial charge in [0, 0.05) is 29.8 Å². The third-order valence-corrected chi connectivity index (χ3v) is 6.34. The molecule has 1 N–H and O–H groups in total. The van der Waals surface area contributed by atoms with Crippen molar-refractivity contribution in [3.63, 3.8) is 0 Å². The van der Waals surface area contributed by atoms with Crippen LogP contribution in [0.5, 0.6) is 0 Å². The van der Waals surface area contributed by atoms with E-state index in [9.17, 15) is 14.4 Å². The quantitative estimate of drug-likeness (QED) is 0.434. The number of amides is 2. The first-order valence-corrected chi connectivity index (χ1v) is 11.2. The molecule has 0 unspecified atom stereocenters.